The number of rotatable bonds is 3. The molecule has 6 nitrogen and oxygen atoms in total. The van der Waals surface area contributed by atoms with Crippen LogP contribution >= 0.6 is 11.3 Å². The van der Waals surface area contributed by atoms with Crippen molar-refractivity contribution in [1.29, 1.82) is 0 Å². The normalized spacial score (nSPS) is 18.4. The number of nitrogens with zero attached hydrogens (tertiary/aromatic N) is 1. The lowest BCUT2D eigenvalue weighted by Gasteiger charge is -2.21. The predicted molar refractivity (Wildman–Crippen MR) is 81.0 cm³/mol. The number of anilines is 2. The van der Waals surface area contributed by atoms with Crippen LogP contribution in [0, 0.1) is 5.41 Å². The van der Waals surface area contributed by atoms with Gasteiger partial charge in [0.25, 0.3) is 5.91 Å². The first-order valence-electron chi connectivity index (χ1n) is 6.20. The molecule has 1 aromatic rings. The molecule has 2 rings (SSSR count). The lowest BCUT2D eigenvalue weighted by molar-refractivity contribution is 0.100. The van der Waals surface area contributed by atoms with E-state index < -0.39 is 15.7 Å². The summed E-state index contributed by atoms with van der Waals surface area (Å²) >= 11 is 1.07. The topological polar surface area (TPSA) is 106 Å². The molecule has 4 N–H and O–H groups in total. The van der Waals surface area contributed by atoms with Crippen molar-refractivity contribution in [3.05, 3.63) is 4.88 Å². The minimum atomic E-state index is -3.52. The Morgan fingerprint density at radius 3 is 2.40 bits per heavy atom. The van der Waals surface area contributed by atoms with Crippen molar-refractivity contribution >= 4 is 37.8 Å². The summed E-state index contributed by atoms with van der Waals surface area (Å²) in [6.07, 6.45) is 2.06. The van der Waals surface area contributed by atoms with Gasteiger partial charge in [0, 0.05) is 19.3 Å². The Bertz CT molecular complexity index is 662. The second kappa shape index (κ2) is 4.63. The smallest absolute Gasteiger partial charge is 0.261 e. The fourth-order valence-corrected chi connectivity index (χ4v) is 5.04. The molecule has 0 aliphatic carbocycles. The fraction of sp³-hybridized carbons (Fsp3) is 0.583. The zero-order valence-electron chi connectivity index (χ0n) is 11.8. The van der Waals surface area contributed by atoms with Crippen molar-refractivity contribution in [2.24, 2.45) is 11.1 Å². The number of carbonyl (C=O) groups excluding carboxylic acids is 1. The highest BCUT2D eigenvalue weighted by Gasteiger charge is 2.35. The van der Waals surface area contributed by atoms with E-state index in [1.807, 2.05) is 4.90 Å². The number of nitrogen functional groups attached to an aromatic ring is 1. The highest BCUT2D eigenvalue weighted by molar-refractivity contribution is 7.91. The number of nitrogens with two attached hydrogens (primary N) is 2. The quantitative estimate of drug-likeness (QED) is 0.867. The van der Waals surface area contributed by atoms with Gasteiger partial charge in [-0.1, -0.05) is 13.8 Å². The summed E-state index contributed by atoms with van der Waals surface area (Å²) in [5.41, 5.74) is 11.2. The molecule has 1 aliphatic heterocycles. The molecular weight excluding hydrogens is 298 g/mol. The third-order valence-corrected chi connectivity index (χ3v) is 6.01. The van der Waals surface area contributed by atoms with Gasteiger partial charge < -0.3 is 16.4 Å². The van der Waals surface area contributed by atoms with Gasteiger partial charge in [-0.15, -0.1) is 11.3 Å². The van der Waals surface area contributed by atoms with E-state index in [9.17, 15) is 13.2 Å². The van der Waals surface area contributed by atoms with Gasteiger partial charge in [-0.25, -0.2) is 8.42 Å². The molecule has 0 bridgehead atoms. The number of primary amides is 1. The molecule has 0 atom stereocenters. The molecule has 20 heavy (non-hydrogen) atoms. The van der Waals surface area contributed by atoms with Crippen LogP contribution in [0.5, 0.6) is 0 Å². The Kier molecular flexibility index (Phi) is 3.50. The lowest BCUT2D eigenvalue weighted by Crippen LogP contribution is -2.23. The van der Waals surface area contributed by atoms with Crippen LogP contribution in [0.1, 0.15) is 29.9 Å². The van der Waals surface area contributed by atoms with E-state index >= 15 is 0 Å². The van der Waals surface area contributed by atoms with Gasteiger partial charge >= 0.3 is 0 Å². The van der Waals surface area contributed by atoms with Gasteiger partial charge in [0.05, 0.1) is 5.69 Å². The van der Waals surface area contributed by atoms with E-state index in [2.05, 4.69) is 13.8 Å². The zero-order valence-corrected chi connectivity index (χ0v) is 13.4. The van der Waals surface area contributed by atoms with Crippen LogP contribution in [0.4, 0.5) is 10.7 Å². The number of hydrogen-bond donors (Lipinski definition) is 2. The maximum atomic E-state index is 12.0. The maximum absolute atomic E-state index is 12.0. The van der Waals surface area contributed by atoms with Gasteiger partial charge in [-0.05, 0) is 11.8 Å². The van der Waals surface area contributed by atoms with Gasteiger partial charge in [-0.3, -0.25) is 4.79 Å². The average molecular weight is 317 g/mol. The Morgan fingerprint density at radius 2 is 2.00 bits per heavy atom. The Labute approximate surface area is 122 Å². The minimum Gasteiger partial charge on any atom is -0.396 e. The third kappa shape index (κ3) is 2.62. The summed E-state index contributed by atoms with van der Waals surface area (Å²) < 4.78 is 24.0. The van der Waals surface area contributed by atoms with Crippen molar-refractivity contribution in [1.82, 2.24) is 0 Å². The Morgan fingerprint density at radius 1 is 1.40 bits per heavy atom. The standard InChI is InChI=1S/C12H19N3O3S2/c1-12(2)4-5-15(6-12)11-9(20(3,17)18)7(13)8(19-11)10(14)16/h4-6,13H2,1-3H3,(H2,14,16). The molecule has 8 heteroatoms. The van der Waals surface area contributed by atoms with E-state index in [-0.39, 0.29) is 20.9 Å². The lowest BCUT2D eigenvalue weighted by atomic mass is 9.93. The molecule has 2 heterocycles. The monoisotopic (exact) mass is 317 g/mol. The van der Waals surface area contributed by atoms with Crippen LogP contribution in [0.25, 0.3) is 0 Å². The summed E-state index contributed by atoms with van der Waals surface area (Å²) in [4.78, 5) is 13.5. The molecule has 1 fully saturated rings. The molecular formula is C12H19N3O3S2. The molecule has 1 aliphatic rings. The molecule has 0 unspecified atom stereocenters. The summed E-state index contributed by atoms with van der Waals surface area (Å²) in [6, 6.07) is 0. The first kappa shape index (κ1) is 15.1. The van der Waals surface area contributed by atoms with Crippen LogP contribution in [-0.2, 0) is 9.84 Å². The van der Waals surface area contributed by atoms with Crippen LogP contribution in [0.3, 0.4) is 0 Å². The fourth-order valence-electron chi connectivity index (χ4n) is 2.45. The summed E-state index contributed by atoms with van der Waals surface area (Å²) in [7, 11) is -3.52. The number of thiophene rings is 1. The van der Waals surface area contributed by atoms with Gasteiger partial charge in [0.15, 0.2) is 9.84 Å². The number of sulfone groups is 1. The largest absolute Gasteiger partial charge is 0.396 e. The average Bonchev–Trinajstić information content (AvgIpc) is 2.77. The first-order chi connectivity index (χ1) is 9.03. The molecule has 0 saturated carbocycles. The van der Waals surface area contributed by atoms with Gasteiger partial charge in [-0.2, -0.15) is 0 Å². The van der Waals surface area contributed by atoms with Crippen LogP contribution in [0.15, 0.2) is 4.90 Å². The molecule has 1 saturated heterocycles. The molecule has 1 aromatic heterocycles. The van der Waals surface area contributed by atoms with Gasteiger partial charge in [0.2, 0.25) is 0 Å². The zero-order chi connectivity index (χ0) is 15.3. The Hall–Kier alpha value is -1.28. The number of hydrogen-bond acceptors (Lipinski definition) is 6. The van der Waals surface area contributed by atoms with Crippen molar-refractivity contribution in [3.63, 3.8) is 0 Å². The second-order valence-electron chi connectivity index (χ2n) is 5.95. The van der Waals surface area contributed by atoms with Gasteiger partial charge in [0.1, 0.15) is 14.8 Å². The van der Waals surface area contributed by atoms with E-state index in [0.717, 1.165) is 37.1 Å². The molecule has 0 spiro atoms. The number of carbonyl (C=O) groups is 1. The molecule has 1 amide bonds. The number of amides is 1. The third-order valence-electron chi connectivity index (χ3n) is 3.44. The maximum Gasteiger partial charge on any atom is 0.261 e. The van der Waals surface area contributed by atoms with E-state index in [1.54, 1.807) is 0 Å². The van der Waals surface area contributed by atoms with Crippen LogP contribution in [-0.4, -0.2) is 33.7 Å². The van der Waals surface area contributed by atoms with Crippen molar-refractivity contribution in [2.45, 2.75) is 25.2 Å². The van der Waals surface area contributed by atoms with Crippen LogP contribution in [0.2, 0.25) is 0 Å². The second-order valence-corrected chi connectivity index (χ2v) is 8.90. The van der Waals surface area contributed by atoms with Crippen LogP contribution < -0.4 is 16.4 Å². The first-order valence-corrected chi connectivity index (χ1v) is 8.91. The molecule has 0 aromatic carbocycles. The van der Waals surface area contributed by atoms with E-state index in [1.165, 1.54) is 0 Å². The molecule has 0 radical (unpaired) electrons. The highest BCUT2D eigenvalue weighted by Crippen LogP contribution is 2.44. The highest BCUT2D eigenvalue weighted by atomic mass is 32.2. The SMILES string of the molecule is CC1(C)CCN(c2sc(C(N)=O)c(N)c2S(C)(=O)=O)C1. The summed E-state index contributed by atoms with van der Waals surface area (Å²) in [5, 5.41) is 0.532. The van der Waals surface area contributed by atoms with Crippen molar-refractivity contribution in [3.8, 4) is 0 Å². The predicted octanol–water partition coefficient (Wildman–Crippen LogP) is 1.07. The summed E-state index contributed by atoms with van der Waals surface area (Å²) in [6.45, 7) is 5.72. The van der Waals surface area contributed by atoms with Crippen molar-refractivity contribution in [2.75, 3.05) is 30.0 Å². The van der Waals surface area contributed by atoms with E-state index in [4.69, 9.17) is 11.5 Å². The Balaban J connectivity index is 2.59. The molecule has 112 valence electrons. The summed E-state index contributed by atoms with van der Waals surface area (Å²) in [5.74, 6) is -0.692. The van der Waals surface area contributed by atoms with Crippen molar-refractivity contribution < 1.29 is 13.2 Å². The van der Waals surface area contributed by atoms with E-state index in [0.29, 0.717) is 5.00 Å². The minimum absolute atomic E-state index is 0.0234.